The first-order valence-electron chi connectivity index (χ1n) is 12.1. The van der Waals surface area contributed by atoms with Crippen molar-refractivity contribution in [2.45, 2.75) is 50.8 Å². The summed E-state index contributed by atoms with van der Waals surface area (Å²) in [5.74, 6) is -0.469. The van der Waals surface area contributed by atoms with Gasteiger partial charge in [0.1, 0.15) is 17.9 Å². The van der Waals surface area contributed by atoms with Gasteiger partial charge in [-0.2, -0.15) is 15.1 Å². The minimum atomic E-state index is -3.98. The fourth-order valence-corrected chi connectivity index (χ4v) is 5.71. The molecule has 1 aromatic carbocycles. The van der Waals surface area contributed by atoms with E-state index in [0.717, 1.165) is 19.3 Å². The molecule has 2 aliphatic rings. The van der Waals surface area contributed by atoms with E-state index in [4.69, 9.17) is 19.5 Å². The van der Waals surface area contributed by atoms with Crippen LogP contribution in [-0.2, 0) is 13.9 Å². The van der Waals surface area contributed by atoms with Crippen molar-refractivity contribution in [2.24, 2.45) is 5.92 Å². The van der Waals surface area contributed by atoms with Crippen LogP contribution in [0.25, 0.3) is 11.2 Å². The molecule has 37 heavy (non-hydrogen) atoms. The van der Waals surface area contributed by atoms with Crippen LogP contribution in [0, 0.1) is 5.92 Å². The second-order valence-electron chi connectivity index (χ2n) is 9.22. The zero-order chi connectivity index (χ0) is 26.0. The largest absolute Gasteiger partial charge is 0.480 e. The maximum absolute atomic E-state index is 13.4. The van der Waals surface area contributed by atoms with Gasteiger partial charge in [-0.1, -0.05) is 30.4 Å². The van der Waals surface area contributed by atoms with Gasteiger partial charge in [0.05, 0.1) is 19.0 Å². The molecular formula is C24H29N6O6P. The Morgan fingerprint density at radius 2 is 2.05 bits per heavy atom. The number of hydrogen-bond acceptors (Lipinski definition) is 9. The Balaban J connectivity index is 1.27. The summed E-state index contributed by atoms with van der Waals surface area (Å²) in [6.07, 6.45) is 9.48. The topological polar surface area (TPSA) is 164 Å². The number of rotatable bonds is 11. The molecule has 0 amide bonds. The smallest absolute Gasteiger partial charge is 0.459 e. The van der Waals surface area contributed by atoms with Crippen molar-refractivity contribution in [2.75, 3.05) is 12.3 Å². The predicted molar refractivity (Wildman–Crippen MR) is 135 cm³/mol. The Labute approximate surface area is 213 Å². The molecule has 0 aliphatic heterocycles. The van der Waals surface area contributed by atoms with E-state index in [9.17, 15) is 14.5 Å². The van der Waals surface area contributed by atoms with Gasteiger partial charge in [-0.3, -0.25) is 9.32 Å². The fourth-order valence-electron chi connectivity index (χ4n) is 4.16. The van der Waals surface area contributed by atoms with Crippen LogP contribution in [0.3, 0.4) is 0 Å². The highest BCUT2D eigenvalue weighted by atomic mass is 31.2. The number of carboxylic acids is 1. The van der Waals surface area contributed by atoms with Crippen LogP contribution in [0.1, 0.15) is 38.6 Å². The van der Waals surface area contributed by atoms with Crippen LogP contribution < -0.4 is 20.1 Å². The second kappa shape index (κ2) is 10.5. The molecule has 4 N–H and O–H groups in total. The molecule has 1 fully saturated rings. The lowest BCUT2D eigenvalue weighted by Gasteiger charge is -2.25. The van der Waals surface area contributed by atoms with Crippen LogP contribution in [0.4, 0.5) is 5.95 Å². The molecule has 2 aromatic heterocycles. The number of anilines is 1. The van der Waals surface area contributed by atoms with E-state index < -0.39 is 19.8 Å². The Bertz CT molecular complexity index is 1340. The molecule has 5 rings (SSSR count). The third kappa shape index (κ3) is 5.76. The van der Waals surface area contributed by atoms with E-state index in [-0.39, 0.29) is 30.6 Å². The number of nitrogens with zero attached hydrogens (tertiary/aromatic N) is 4. The number of imidazole rings is 1. The number of carboxylic acid groups (broad SMARTS) is 1. The number of nitrogen functional groups attached to an aromatic ring is 1. The van der Waals surface area contributed by atoms with Crippen molar-refractivity contribution < 1.29 is 28.3 Å². The van der Waals surface area contributed by atoms with Gasteiger partial charge in [-0.25, -0.2) is 9.55 Å². The van der Waals surface area contributed by atoms with Crippen LogP contribution in [0.5, 0.6) is 11.6 Å². The van der Waals surface area contributed by atoms with Crippen LogP contribution in [-0.4, -0.2) is 49.3 Å². The number of allylic oxidation sites excluding steroid dienone is 1. The number of aromatic nitrogens is 4. The summed E-state index contributed by atoms with van der Waals surface area (Å²) in [6.45, 7) is 1.43. The lowest BCUT2D eigenvalue weighted by molar-refractivity contribution is -0.138. The van der Waals surface area contributed by atoms with Gasteiger partial charge < -0.3 is 24.7 Å². The van der Waals surface area contributed by atoms with Gasteiger partial charge in [0.15, 0.2) is 11.2 Å². The third-order valence-corrected chi connectivity index (χ3v) is 8.04. The van der Waals surface area contributed by atoms with Crippen LogP contribution in [0.15, 0.2) is 48.8 Å². The number of hydrogen-bond donors (Lipinski definition) is 3. The molecule has 4 atom stereocenters. The molecule has 2 aliphatic carbocycles. The molecule has 2 heterocycles. The standard InChI is InChI=1S/C24H29N6O6P/c1-15(23(31)32)29-37(33,36-19-6-3-2-4-7-19)34-13-16-10-11-17(12-16)30-14-26-20-21(30)27-24(25)28-22(20)35-18-8-5-9-18/h2-4,6-7,10-11,14-18H,5,8-9,12-13H2,1H3,(H,29,33)(H,31,32)(H2,25,27,28)/t15-,16+,17-,37+/m0/s1. The molecule has 0 spiro atoms. The lowest BCUT2D eigenvalue weighted by Crippen LogP contribution is -2.33. The summed E-state index contributed by atoms with van der Waals surface area (Å²) in [4.78, 5) is 24.5. The number of para-hydroxylation sites is 1. The highest BCUT2D eigenvalue weighted by Crippen LogP contribution is 2.46. The molecule has 3 aromatic rings. The minimum Gasteiger partial charge on any atom is -0.480 e. The van der Waals surface area contributed by atoms with Crippen molar-refractivity contribution in [3.8, 4) is 11.6 Å². The average Bonchev–Trinajstić information content (AvgIpc) is 3.47. The van der Waals surface area contributed by atoms with E-state index in [0.29, 0.717) is 29.2 Å². The summed E-state index contributed by atoms with van der Waals surface area (Å²) >= 11 is 0. The van der Waals surface area contributed by atoms with E-state index in [1.807, 2.05) is 16.7 Å². The van der Waals surface area contributed by atoms with Crippen LogP contribution >= 0.6 is 7.75 Å². The Hall–Kier alpha value is -3.47. The van der Waals surface area contributed by atoms with Gasteiger partial charge in [0.2, 0.25) is 11.8 Å². The van der Waals surface area contributed by atoms with Gasteiger partial charge in [-0.05, 0) is 44.7 Å². The number of aliphatic carboxylic acids is 1. The maximum Gasteiger partial charge on any atom is 0.459 e. The van der Waals surface area contributed by atoms with E-state index in [2.05, 4.69) is 20.0 Å². The molecular weight excluding hydrogens is 499 g/mol. The van der Waals surface area contributed by atoms with Gasteiger partial charge in [0, 0.05) is 5.92 Å². The molecule has 13 heteroatoms. The molecule has 0 bridgehead atoms. The zero-order valence-electron chi connectivity index (χ0n) is 20.3. The number of benzene rings is 1. The molecule has 0 saturated heterocycles. The van der Waals surface area contributed by atoms with Crippen molar-refractivity contribution in [3.05, 3.63) is 48.8 Å². The van der Waals surface area contributed by atoms with Crippen molar-refractivity contribution in [1.29, 1.82) is 0 Å². The summed E-state index contributed by atoms with van der Waals surface area (Å²) in [5, 5.41) is 11.8. The Morgan fingerprint density at radius 3 is 2.76 bits per heavy atom. The highest BCUT2D eigenvalue weighted by molar-refractivity contribution is 7.52. The molecule has 12 nitrogen and oxygen atoms in total. The zero-order valence-corrected chi connectivity index (χ0v) is 21.2. The Morgan fingerprint density at radius 1 is 1.27 bits per heavy atom. The lowest BCUT2D eigenvalue weighted by atomic mass is 9.96. The normalized spacial score (nSPS) is 21.9. The summed E-state index contributed by atoms with van der Waals surface area (Å²) < 4.78 is 32.6. The number of nitrogens with two attached hydrogens (primary N) is 1. The molecule has 0 unspecified atom stereocenters. The van der Waals surface area contributed by atoms with E-state index in [1.54, 1.807) is 36.7 Å². The molecule has 1 saturated carbocycles. The number of ether oxygens (including phenoxy) is 1. The highest BCUT2D eigenvalue weighted by Gasteiger charge is 2.33. The monoisotopic (exact) mass is 528 g/mol. The fraction of sp³-hybridized carbons (Fsp3) is 0.417. The van der Waals surface area contributed by atoms with Crippen molar-refractivity contribution >= 4 is 30.8 Å². The van der Waals surface area contributed by atoms with Crippen LogP contribution in [0.2, 0.25) is 0 Å². The third-order valence-electron chi connectivity index (χ3n) is 6.39. The average molecular weight is 529 g/mol. The number of carbonyl (C=O) groups is 1. The quantitative estimate of drug-likeness (QED) is 0.245. The van der Waals surface area contributed by atoms with Gasteiger partial charge in [0.25, 0.3) is 0 Å². The van der Waals surface area contributed by atoms with Gasteiger partial charge >= 0.3 is 13.7 Å². The van der Waals surface area contributed by atoms with Crippen molar-refractivity contribution in [3.63, 3.8) is 0 Å². The number of nitrogens with one attached hydrogen (secondary N) is 1. The predicted octanol–water partition coefficient (Wildman–Crippen LogP) is 3.72. The van der Waals surface area contributed by atoms with E-state index in [1.165, 1.54) is 6.92 Å². The molecule has 0 radical (unpaired) electrons. The second-order valence-corrected chi connectivity index (χ2v) is 10.9. The Kier molecular flexibility index (Phi) is 7.14. The minimum absolute atomic E-state index is 0.0518. The summed E-state index contributed by atoms with van der Waals surface area (Å²) in [7, 11) is -3.98. The van der Waals surface area contributed by atoms with E-state index >= 15 is 0 Å². The first-order valence-corrected chi connectivity index (χ1v) is 13.7. The maximum atomic E-state index is 13.4. The first kappa shape index (κ1) is 25.2. The van der Waals surface area contributed by atoms with Gasteiger partial charge in [-0.15, -0.1) is 0 Å². The van der Waals surface area contributed by atoms with Crippen molar-refractivity contribution in [1.82, 2.24) is 24.6 Å². The molecule has 196 valence electrons. The SMILES string of the molecule is C[C@H](N[P@@](=O)(OC[C@@H]1C=C[C@H](n2cnc3c(OC4CCC4)nc(N)nc32)C1)Oc1ccccc1)C(=O)O. The summed E-state index contributed by atoms with van der Waals surface area (Å²) in [5.41, 5.74) is 7.09. The first-order chi connectivity index (χ1) is 17.8. The summed E-state index contributed by atoms with van der Waals surface area (Å²) in [6, 6.07) is 7.24. The number of fused-ring (bicyclic) bond motifs is 1.